The Balaban J connectivity index is 1.70. The van der Waals surface area contributed by atoms with E-state index in [1.165, 1.54) is 18.2 Å². The topological polar surface area (TPSA) is 146 Å². The summed E-state index contributed by atoms with van der Waals surface area (Å²) in [5.74, 6) is -0.456. The van der Waals surface area contributed by atoms with Crippen molar-refractivity contribution in [1.29, 1.82) is 0 Å². The summed E-state index contributed by atoms with van der Waals surface area (Å²) in [5, 5.41) is 18.7. The average Bonchev–Trinajstić information content (AvgIpc) is 3.45. The number of hydrazone groups is 1. The van der Waals surface area contributed by atoms with Crippen molar-refractivity contribution in [3.05, 3.63) is 65.4 Å². The largest absolute Gasteiger partial charge is 0.494 e. The molecule has 0 radical (unpaired) electrons. The molecule has 11 nitrogen and oxygen atoms in total. The Hall–Kier alpha value is -4.75. The third-order valence-corrected chi connectivity index (χ3v) is 4.64. The van der Waals surface area contributed by atoms with Gasteiger partial charge in [-0.15, -0.1) is 5.10 Å². The Labute approximate surface area is 195 Å². The highest BCUT2D eigenvalue weighted by Gasteiger charge is 2.32. The van der Waals surface area contributed by atoms with E-state index in [1.54, 1.807) is 24.3 Å². The number of nitrogens with one attached hydrogen (secondary N) is 1. The summed E-state index contributed by atoms with van der Waals surface area (Å²) in [5.41, 5.74) is 7.23. The molecular formula is C21H17F3N8O3. The number of carbonyl (C=O) groups excluding carboxylic acids is 1. The van der Waals surface area contributed by atoms with Crippen molar-refractivity contribution >= 4 is 17.9 Å². The summed E-state index contributed by atoms with van der Waals surface area (Å²) < 4.78 is 50.8. The van der Waals surface area contributed by atoms with Crippen LogP contribution in [0, 0.1) is 0 Å². The summed E-state index contributed by atoms with van der Waals surface area (Å²) in [7, 11) is 0. The smallest absolute Gasteiger partial charge is 0.417 e. The van der Waals surface area contributed by atoms with Crippen LogP contribution < -0.4 is 15.9 Å². The molecule has 0 aliphatic heterocycles. The average molecular weight is 486 g/mol. The first-order valence-corrected chi connectivity index (χ1v) is 10.1. The molecule has 0 bridgehead atoms. The number of rotatable bonds is 7. The van der Waals surface area contributed by atoms with Gasteiger partial charge in [-0.3, -0.25) is 4.79 Å². The Morgan fingerprint density at radius 1 is 1.23 bits per heavy atom. The van der Waals surface area contributed by atoms with Crippen molar-refractivity contribution in [1.82, 2.24) is 30.7 Å². The van der Waals surface area contributed by atoms with Crippen LogP contribution in [-0.4, -0.2) is 44.0 Å². The van der Waals surface area contributed by atoms with E-state index in [0.29, 0.717) is 17.9 Å². The van der Waals surface area contributed by atoms with Gasteiger partial charge in [-0.1, -0.05) is 35.5 Å². The van der Waals surface area contributed by atoms with Crippen molar-refractivity contribution in [2.75, 3.05) is 12.3 Å². The van der Waals surface area contributed by atoms with Gasteiger partial charge in [0.05, 0.1) is 18.4 Å². The van der Waals surface area contributed by atoms with E-state index in [9.17, 15) is 18.0 Å². The lowest BCUT2D eigenvalue weighted by Gasteiger charge is -2.09. The van der Waals surface area contributed by atoms with Gasteiger partial charge in [0.2, 0.25) is 11.6 Å². The van der Waals surface area contributed by atoms with Gasteiger partial charge >= 0.3 is 6.18 Å². The lowest BCUT2D eigenvalue weighted by atomic mass is 10.1. The van der Waals surface area contributed by atoms with Gasteiger partial charge in [0.25, 0.3) is 5.91 Å². The molecule has 0 aliphatic rings. The molecule has 4 aromatic rings. The van der Waals surface area contributed by atoms with Crippen LogP contribution >= 0.6 is 0 Å². The zero-order valence-corrected chi connectivity index (χ0v) is 18.0. The van der Waals surface area contributed by atoms with Crippen LogP contribution in [-0.2, 0) is 6.18 Å². The number of benzene rings is 2. The van der Waals surface area contributed by atoms with E-state index in [4.69, 9.17) is 10.5 Å². The van der Waals surface area contributed by atoms with Crippen LogP contribution in [0.3, 0.4) is 0 Å². The second-order valence-electron chi connectivity index (χ2n) is 6.92. The van der Waals surface area contributed by atoms with E-state index < -0.39 is 17.6 Å². The van der Waals surface area contributed by atoms with Crippen molar-refractivity contribution in [3.8, 4) is 22.8 Å². The predicted molar refractivity (Wildman–Crippen MR) is 117 cm³/mol. The number of nitrogen functional groups attached to an aromatic ring is 1. The maximum Gasteiger partial charge on any atom is 0.417 e. The number of aromatic nitrogens is 5. The van der Waals surface area contributed by atoms with Crippen LogP contribution in [0.1, 0.15) is 28.5 Å². The molecule has 0 saturated carbocycles. The van der Waals surface area contributed by atoms with Crippen molar-refractivity contribution < 1.29 is 27.3 Å². The normalized spacial score (nSPS) is 11.7. The summed E-state index contributed by atoms with van der Waals surface area (Å²) in [6.45, 7) is 2.22. The molecule has 1 amide bonds. The molecular weight excluding hydrogens is 469 g/mol. The molecule has 0 saturated heterocycles. The zero-order valence-electron chi connectivity index (χ0n) is 18.0. The quantitative estimate of drug-likeness (QED) is 0.299. The van der Waals surface area contributed by atoms with E-state index in [0.717, 1.165) is 17.0 Å². The highest BCUT2D eigenvalue weighted by molar-refractivity contribution is 5.99. The number of carbonyl (C=O) groups is 1. The molecule has 2 aromatic carbocycles. The molecule has 35 heavy (non-hydrogen) atoms. The number of alkyl halides is 3. The third-order valence-electron chi connectivity index (χ3n) is 4.64. The number of nitrogens with two attached hydrogens (primary N) is 1. The van der Waals surface area contributed by atoms with E-state index in [1.807, 2.05) is 6.92 Å². The van der Waals surface area contributed by atoms with Crippen molar-refractivity contribution in [3.63, 3.8) is 0 Å². The Morgan fingerprint density at radius 2 is 2.03 bits per heavy atom. The molecule has 0 aliphatic carbocycles. The van der Waals surface area contributed by atoms with Crippen LogP contribution in [0.25, 0.3) is 17.1 Å². The van der Waals surface area contributed by atoms with Crippen molar-refractivity contribution in [2.24, 2.45) is 5.10 Å². The summed E-state index contributed by atoms with van der Waals surface area (Å²) in [6.07, 6.45) is -3.69. The lowest BCUT2D eigenvalue weighted by molar-refractivity contribution is -0.137. The molecule has 2 heterocycles. The van der Waals surface area contributed by atoms with Gasteiger partial charge in [0.1, 0.15) is 11.4 Å². The minimum atomic E-state index is -4.58. The molecule has 180 valence electrons. The van der Waals surface area contributed by atoms with Gasteiger partial charge in [0, 0.05) is 11.1 Å². The Bertz CT molecular complexity index is 1380. The number of anilines is 1. The van der Waals surface area contributed by atoms with Gasteiger partial charge in [-0.2, -0.15) is 23.0 Å². The molecule has 0 spiro atoms. The highest BCUT2D eigenvalue weighted by atomic mass is 19.4. The van der Waals surface area contributed by atoms with Crippen LogP contribution in [0.4, 0.5) is 19.0 Å². The summed E-state index contributed by atoms with van der Waals surface area (Å²) in [4.78, 5) is 12.9. The first kappa shape index (κ1) is 23.4. The van der Waals surface area contributed by atoms with E-state index in [-0.39, 0.29) is 28.6 Å². The molecule has 14 heteroatoms. The van der Waals surface area contributed by atoms with Crippen molar-refractivity contribution in [2.45, 2.75) is 13.1 Å². The first-order chi connectivity index (χ1) is 16.8. The molecule has 4 rings (SSSR count). The molecule has 0 unspecified atom stereocenters. The molecule has 3 N–H and O–H groups in total. The number of nitrogens with zero attached hydrogens (tertiary/aromatic N) is 6. The van der Waals surface area contributed by atoms with Gasteiger partial charge in [-0.25, -0.2) is 10.1 Å². The fourth-order valence-corrected chi connectivity index (χ4v) is 3.16. The minimum absolute atomic E-state index is 0.0176. The van der Waals surface area contributed by atoms with E-state index in [2.05, 4.69) is 35.8 Å². The van der Waals surface area contributed by atoms with Gasteiger partial charge in [-0.05, 0) is 35.4 Å². The number of hydrogen-bond acceptors (Lipinski definition) is 9. The fourth-order valence-electron chi connectivity index (χ4n) is 3.16. The summed E-state index contributed by atoms with van der Waals surface area (Å²) >= 11 is 0. The third kappa shape index (κ3) is 4.95. The number of ether oxygens (including phenoxy) is 1. The van der Waals surface area contributed by atoms with Crippen LogP contribution in [0.5, 0.6) is 5.75 Å². The maximum absolute atomic E-state index is 13.2. The minimum Gasteiger partial charge on any atom is -0.494 e. The first-order valence-electron chi connectivity index (χ1n) is 10.1. The summed E-state index contributed by atoms with van der Waals surface area (Å²) in [6, 6.07) is 11.5. The van der Waals surface area contributed by atoms with E-state index >= 15 is 0 Å². The fraction of sp³-hybridized carbons (Fsp3) is 0.143. The molecule has 2 aromatic heterocycles. The predicted octanol–water partition coefficient (Wildman–Crippen LogP) is 3.08. The zero-order chi connectivity index (χ0) is 25.0. The van der Waals surface area contributed by atoms with Gasteiger partial charge < -0.3 is 10.5 Å². The number of halogens is 3. The second kappa shape index (κ2) is 9.62. The Morgan fingerprint density at radius 3 is 2.74 bits per heavy atom. The maximum atomic E-state index is 13.2. The lowest BCUT2D eigenvalue weighted by Crippen LogP contribution is -2.20. The highest BCUT2D eigenvalue weighted by Crippen LogP contribution is 2.31. The van der Waals surface area contributed by atoms with Gasteiger partial charge in [0.15, 0.2) is 5.69 Å². The second-order valence-corrected chi connectivity index (χ2v) is 6.92. The van der Waals surface area contributed by atoms with Crippen LogP contribution in [0.15, 0.2) is 58.3 Å². The number of amides is 1. The van der Waals surface area contributed by atoms with Crippen LogP contribution in [0.2, 0.25) is 0 Å². The molecule has 0 fully saturated rings. The Kier molecular flexibility index (Phi) is 6.44. The standard InChI is InChI=1S/C21H17F3N8O3/c1-2-34-14-8-5-7-12(10-14)17-16(27-31-32(17)19-18(25)29-35-30-19)20(33)28-26-11-13-6-3-4-9-15(13)21(22,23)24/h3-11H,2H2,1H3,(H2,25,29)(H,28,33)/b26-11-. The molecule has 0 atom stereocenters. The number of hydrogen-bond donors (Lipinski definition) is 2. The monoisotopic (exact) mass is 486 g/mol. The SMILES string of the molecule is CCOc1cccc(-c2c(C(=O)N/N=C\c3ccccc3C(F)(F)F)nnn2-c2nonc2N)c1.